The summed E-state index contributed by atoms with van der Waals surface area (Å²) in [4.78, 5) is 25.7. The molecule has 0 bridgehead atoms. The quantitative estimate of drug-likeness (QED) is 0.516. The van der Waals surface area contributed by atoms with Gasteiger partial charge in [0.05, 0.1) is 18.2 Å². The second-order valence-corrected chi connectivity index (χ2v) is 7.17. The first-order valence-corrected chi connectivity index (χ1v) is 9.76. The van der Waals surface area contributed by atoms with Gasteiger partial charge in [-0.1, -0.05) is 41.9 Å². The van der Waals surface area contributed by atoms with Crippen LogP contribution in [0, 0.1) is 0 Å². The fraction of sp³-hybridized carbons (Fsp3) is 0.0833. The molecule has 0 saturated carbocycles. The van der Waals surface area contributed by atoms with E-state index in [1.165, 1.54) is 7.11 Å². The Bertz CT molecular complexity index is 1280. The summed E-state index contributed by atoms with van der Waals surface area (Å²) >= 11 is 6.19. The molecule has 1 aromatic heterocycles. The number of amides is 1. The number of hydrogen-bond donors (Lipinski definition) is 1. The number of ether oxygens (including phenoxy) is 1. The van der Waals surface area contributed by atoms with Crippen LogP contribution in [0.25, 0.3) is 16.6 Å². The average molecular weight is 419 g/mol. The van der Waals surface area contributed by atoms with Gasteiger partial charge in [-0.05, 0) is 42.5 Å². The molecule has 4 aromatic rings. The number of nitrogens with zero attached hydrogens (tertiary/aromatic N) is 1. The van der Waals surface area contributed by atoms with Crippen molar-refractivity contribution in [1.82, 2.24) is 9.88 Å². The molecule has 4 rings (SSSR count). The number of carbonyl (C=O) groups is 1. The fourth-order valence-electron chi connectivity index (χ4n) is 3.38. The first-order chi connectivity index (χ1) is 14.6. The lowest BCUT2D eigenvalue weighted by atomic mass is 10.1. The standard InChI is InChI=1S/C24H19ClN2O3/c1-30-22-10-6-5-9-20(22)24(29)26-14-16-15-27(18-7-3-2-4-8-18)21-13-17(25)11-12-19(21)23(16)28/h2-13,15H,14H2,1H3,(H,26,29). The van der Waals surface area contributed by atoms with E-state index in [9.17, 15) is 9.59 Å². The van der Waals surface area contributed by atoms with Gasteiger partial charge in [-0.15, -0.1) is 0 Å². The highest BCUT2D eigenvalue weighted by Crippen LogP contribution is 2.22. The summed E-state index contributed by atoms with van der Waals surface area (Å²) in [5.41, 5.74) is 2.34. The van der Waals surface area contributed by atoms with Crippen molar-refractivity contribution < 1.29 is 9.53 Å². The molecule has 0 unspecified atom stereocenters. The van der Waals surface area contributed by atoms with Crippen molar-refractivity contribution in [1.29, 1.82) is 0 Å². The third-order valence-corrected chi connectivity index (χ3v) is 5.10. The molecule has 1 heterocycles. The van der Waals surface area contributed by atoms with Crippen LogP contribution in [0.1, 0.15) is 15.9 Å². The molecule has 0 saturated heterocycles. The number of carbonyl (C=O) groups excluding carboxylic acids is 1. The van der Waals surface area contributed by atoms with Gasteiger partial charge in [0, 0.05) is 34.4 Å². The van der Waals surface area contributed by atoms with Crippen molar-refractivity contribution in [2.75, 3.05) is 7.11 Å². The van der Waals surface area contributed by atoms with Gasteiger partial charge >= 0.3 is 0 Å². The second-order valence-electron chi connectivity index (χ2n) is 6.73. The van der Waals surface area contributed by atoms with Gasteiger partial charge in [0.15, 0.2) is 5.43 Å². The predicted octanol–water partition coefficient (Wildman–Crippen LogP) is 4.58. The highest BCUT2D eigenvalue weighted by Gasteiger charge is 2.14. The summed E-state index contributed by atoms with van der Waals surface area (Å²) in [7, 11) is 1.51. The van der Waals surface area contributed by atoms with Gasteiger partial charge in [-0.25, -0.2) is 0 Å². The SMILES string of the molecule is COc1ccccc1C(=O)NCc1cn(-c2ccccc2)c2cc(Cl)ccc2c1=O. The Hall–Kier alpha value is -3.57. The van der Waals surface area contributed by atoms with Crippen LogP contribution in [0.2, 0.25) is 5.02 Å². The van der Waals surface area contributed by atoms with Crippen LogP contribution >= 0.6 is 11.6 Å². The van der Waals surface area contributed by atoms with Crippen LogP contribution in [0.4, 0.5) is 0 Å². The third-order valence-electron chi connectivity index (χ3n) is 4.87. The maximum atomic E-state index is 13.1. The number of nitrogens with one attached hydrogen (secondary N) is 1. The molecule has 1 N–H and O–H groups in total. The molecule has 0 atom stereocenters. The molecule has 150 valence electrons. The number of para-hydroxylation sites is 2. The van der Waals surface area contributed by atoms with E-state index in [1.54, 1.807) is 48.7 Å². The molecule has 0 aliphatic carbocycles. The Labute approximate surface area is 178 Å². The van der Waals surface area contributed by atoms with Crippen LogP contribution in [0.3, 0.4) is 0 Å². The number of methoxy groups -OCH3 is 1. The summed E-state index contributed by atoms with van der Waals surface area (Å²) in [6.07, 6.45) is 1.75. The van der Waals surface area contributed by atoms with Crippen molar-refractivity contribution in [3.05, 3.63) is 105 Å². The number of benzene rings is 3. The number of fused-ring (bicyclic) bond motifs is 1. The van der Waals surface area contributed by atoms with Gasteiger partial charge in [0.1, 0.15) is 5.75 Å². The average Bonchev–Trinajstić information content (AvgIpc) is 2.79. The van der Waals surface area contributed by atoms with Crippen LogP contribution in [0.15, 0.2) is 83.8 Å². The first kappa shape index (κ1) is 19.7. The van der Waals surface area contributed by atoms with Gasteiger partial charge < -0.3 is 14.6 Å². The molecular weight excluding hydrogens is 400 g/mol. The summed E-state index contributed by atoms with van der Waals surface area (Å²) in [5.74, 6) is 0.166. The Balaban J connectivity index is 1.74. The lowest BCUT2D eigenvalue weighted by Crippen LogP contribution is -2.27. The molecule has 6 heteroatoms. The van der Waals surface area contributed by atoms with Crippen molar-refractivity contribution in [3.8, 4) is 11.4 Å². The van der Waals surface area contributed by atoms with Gasteiger partial charge in [0.2, 0.25) is 0 Å². The van der Waals surface area contributed by atoms with E-state index in [1.807, 2.05) is 34.9 Å². The molecule has 3 aromatic carbocycles. The lowest BCUT2D eigenvalue weighted by Gasteiger charge is -2.15. The zero-order chi connectivity index (χ0) is 21.1. The third kappa shape index (κ3) is 3.80. The smallest absolute Gasteiger partial charge is 0.255 e. The highest BCUT2D eigenvalue weighted by atomic mass is 35.5. The van der Waals surface area contributed by atoms with Crippen LogP contribution in [0.5, 0.6) is 5.75 Å². The molecule has 0 spiro atoms. The summed E-state index contributed by atoms with van der Waals surface area (Å²) in [5, 5.41) is 3.91. The molecular formula is C24H19ClN2O3. The minimum absolute atomic E-state index is 0.0844. The van der Waals surface area contributed by atoms with Crippen molar-refractivity contribution in [2.45, 2.75) is 6.54 Å². The van der Waals surface area contributed by atoms with Gasteiger partial charge in [-0.3, -0.25) is 9.59 Å². The normalized spacial score (nSPS) is 10.7. The van der Waals surface area contributed by atoms with E-state index in [0.717, 1.165) is 5.69 Å². The minimum atomic E-state index is -0.311. The Morgan fingerprint density at radius 1 is 1.03 bits per heavy atom. The monoisotopic (exact) mass is 418 g/mol. The zero-order valence-corrected chi connectivity index (χ0v) is 17.0. The maximum absolute atomic E-state index is 13.1. The molecule has 0 fully saturated rings. The fourth-order valence-corrected chi connectivity index (χ4v) is 3.55. The Morgan fingerprint density at radius 2 is 1.77 bits per heavy atom. The predicted molar refractivity (Wildman–Crippen MR) is 119 cm³/mol. The molecule has 0 radical (unpaired) electrons. The van der Waals surface area contributed by atoms with Crippen molar-refractivity contribution in [2.24, 2.45) is 0 Å². The zero-order valence-electron chi connectivity index (χ0n) is 16.3. The van der Waals surface area contributed by atoms with Crippen LogP contribution in [-0.4, -0.2) is 17.6 Å². The van der Waals surface area contributed by atoms with Gasteiger partial charge in [0.25, 0.3) is 5.91 Å². The molecule has 0 aliphatic heterocycles. The molecule has 30 heavy (non-hydrogen) atoms. The van der Waals surface area contributed by atoms with E-state index >= 15 is 0 Å². The van der Waals surface area contributed by atoms with E-state index < -0.39 is 0 Å². The van der Waals surface area contributed by atoms with Gasteiger partial charge in [-0.2, -0.15) is 0 Å². The Morgan fingerprint density at radius 3 is 2.53 bits per heavy atom. The summed E-state index contributed by atoms with van der Waals surface area (Å²) in [6.45, 7) is 0.0844. The molecule has 1 amide bonds. The number of hydrogen-bond acceptors (Lipinski definition) is 3. The number of rotatable bonds is 5. The molecule has 0 aliphatic rings. The van der Waals surface area contributed by atoms with Crippen LogP contribution in [-0.2, 0) is 6.54 Å². The van der Waals surface area contributed by atoms with Crippen molar-refractivity contribution >= 4 is 28.4 Å². The highest BCUT2D eigenvalue weighted by molar-refractivity contribution is 6.31. The van der Waals surface area contributed by atoms with E-state index in [0.29, 0.717) is 32.8 Å². The maximum Gasteiger partial charge on any atom is 0.255 e. The minimum Gasteiger partial charge on any atom is -0.496 e. The molecule has 5 nitrogen and oxygen atoms in total. The van der Waals surface area contributed by atoms with E-state index in [4.69, 9.17) is 16.3 Å². The second kappa shape index (κ2) is 8.43. The Kier molecular flexibility index (Phi) is 5.55. The number of aromatic nitrogens is 1. The number of halogens is 1. The van der Waals surface area contributed by atoms with Crippen molar-refractivity contribution in [3.63, 3.8) is 0 Å². The summed E-state index contributed by atoms with van der Waals surface area (Å²) < 4.78 is 7.16. The topological polar surface area (TPSA) is 60.3 Å². The van der Waals surface area contributed by atoms with E-state index in [2.05, 4.69) is 5.32 Å². The first-order valence-electron chi connectivity index (χ1n) is 9.39. The number of pyridine rings is 1. The largest absolute Gasteiger partial charge is 0.496 e. The lowest BCUT2D eigenvalue weighted by molar-refractivity contribution is 0.0947. The summed E-state index contributed by atoms with van der Waals surface area (Å²) in [6, 6.07) is 21.8. The van der Waals surface area contributed by atoms with E-state index in [-0.39, 0.29) is 17.9 Å². The van der Waals surface area contributed by atoms with Crippen LogP contribution < -0.4 is 15.5 Å².